The van der Waals surface area contributed by atoms with E-state index in [4.69, 9.17) is 4.74 Å². The van der Waals surface area contributed by atoms with Crippen molar-refractivity contribution < 1.29 is 18.3 Å². The van der Waals surface area contributed by atoms with Crippen LogP contribution in [0.5, 0.6) is 5.75 Å². The number of halogens is 2. The van der Waals surface area contributed by atoms with Crippen LogP contribution in [0.15, 0.2) is 42.5 Å². The number of ether oxygens (including phenoxy) is 1. The van der Waals surface area contributed by atoms with Crippen molar-refractivity contribution in [2.75, 3.05) is 50.1 Å². The number of hydrogen-bond donors (Lipinski definition) is 1. The quantitative estimate of drug-likeness (QED) is 0.843. The van der Waals surface area contributed by atoms with Crippen LogP contribution < -0.4 is 15.0 Å². The first-order valence-corrected chi connectivity index (χ1v) is 8.92. The minimum absolute atomic E-state index is 0.0551. The maximum atomic E-state index is 13.2. The van der Waals surface area contributed by atoms with Gasteiger partial charge in [-0.05, 0) is 42.5 Å². The molecule has 1 heterocycles. The molecule has 0 spiro atoms. The number of nitrogens with zero attached hydrogens (tertiary/aromatic N) is 2. The predicted molar refractivity (Wildman–Crippen MR) is 101 cm³/mol. The molecule has 0 saturated carbocycles. The van der Waals surface area contributed by atoms with Crippen LogP contribution in [-0.4, -0.2) is 50.6 Å². The van der Waals surface area contributed by atoms with Crippen molar-refractivity contribution in [3.8, 4) is 5.75 Å². The fraction of sp³-hybridized carbons (Fsp3) is 0.350. The minimum atomic E-state index is -0.902. The van der Waals surface area contributed by atoms with Crippen LogP contribution in [0.2, 0.25) is 0 Å². The first-order valence-electron chi connectivity index (χ1n) is 8.92. The summed E-state index contributed by atoms with van der Waals surface area (Å²) in [6, 6.07) is 11.5. The van der Waals surface area contributed by atoms with Crippen LogP contribution >= 0.6 is 0 Å². The molecule has 1 N–H and O–H groups in total. The summed E-state index contributed by atoms with van der Waals surface area (Å²) in [5.74, 6) is -0.909. The SMILES string of the molecule is COc1ccc(N2CCN(C(=O)CCNc3ccc(F)c(F)c3)CC2)cc1. The molecule has 2 aromatic carbocycles. The molecule has 1 fully saturated rings. The fourth-order valence-corrected chi connectivity index (χ4v) is 3.09. The molecule has 1 saturated heterocycles. The zero-order valence-electron chi connectivity index (χ0n) is 15.3. The van der Waals surface area contributed by atoms with Gasteiger partial charge >= 0.3 is 0 Å². The molecule has 0 radical (unpaired) electrons. The average Bonchev–Trinajstić information content (AvgIpc) is 2.71. The van der Waals surface area contributed by atoms with Crippen molar-refractivity contribution in [3.63, 3.8) is 0 Å². The number of methoxy groups -OCH3 is 1. The number of hydrogen-bond acceptors (Lipinski definition) is 4. The second-order valence-electron chi connectivity index (χ2n) is 6.37. The zero-order valence-corrected chi connectivity index (χ0v) is 15.3. The lowest BCUT2D eigenvalue weighted by molar-refractivity contribution is -0.131. The van der Waals surface area contributed by atoms with Gasteiger partial charge in [0, 0.05) is 50.5 Å². The van der Waals surface area contributed by atoms with Crippen molar-refractivity contribution >= 4 is 17.3 Å². The second-order valence-corrected chi connectivity index (χ2v) is 6.37. The van der Waals surface area contributed by atoms with Gasteiger partial charge in [-0.3, -0.25) is 4.79 Å². The lowest BCUT2D eigenvalue weighted by atomic mass is 10.2. The van der Waals surface area contributed by atoms with Crippen molar-refractivity contribution in [1.82, 2.24) is 4.90 Å². The molecule has 0 aromatic heterocycles. The smallest absolute Gasteiger partial charge is 0.224 e. The average molecular weight is 375 g/mol. The topological polar surface area (TPSA) is 44.8 Å². The van der Waals surface area contributed by atoms with E-state index in [-0.39, 0.29) is 5.91 Å². The summed E-state index contributed by atoms with van der Waals surface area (Å²) < 4.78 is 31.3. The van der Waals surface area contributed by atoms with E-state index in [1.54, 1.807) is 7.11 Å². The highest BCUT2D eigenvalue weighted by atomic mass is 19.2. The Bertz CT molecular complexity index is 775. The van der Waals surface area contributed by atoms with Gasteiger partial charge in [0.2, 0.25) is 5.91 Å². The number of piperazine rings is 1. The van der Waals surface area contributed by atoms with E-state index < -0.39 is 11.6 Å². The highest BCUT2D eigenvalue weighted by molar-refractivity contribution is 5.77. The van der Waals surface area contributed by atoms with Crippen LogP contribution in [0, 0.1) is 11.6 Å². The maximum absolute atomic E-state index is 13.2. The number of carbonyl (C=O) groups is 1. The van der Waals surface area contributed by atoms with E-state index in [1.165, 1.54) is 6.07 Å². The number of anilines is 2. The van der Waals surface area contributed by atoms with Crippen molar-refractivity contribution in [2.24, 2.45) is 0 Å². The summed E-state index contributed by atoms with van der Waals surface area (Å²) in [6.07, 6.45) is 0.307. The summed E-state index contributed by atoms with van der Waals surface area (Å²) in [7, 11) is 1.64. The van der Waals surface area contributed by atoms with Gasteiger partial charge in [0.25, 0.3) is 0 Å². The first kappa shape index (κ1) is 18.9. The molecule has 1 aliphatic rings. The van der Waals surface area contributed by atoms with Crippen LogP contribution in [0.3, 0.4) is 0 Å². The lowest BCUT2D eigenvalue weighted by Crippen LogP contribution is -2.49. The molecule has 0 bridgehead atoms. The summed E-state index contributed by atoms with van der Waals surface area (Å²) in [5, 5.41) is 2.95. The second kappa shape index (κ2) is 8.70. The Morgan fingerprint density at radius 1 is 1.04 bits per heavy atom. The van der Waals surface area contributed by atoms with Gasteiger partial charge in [-0.25, -0.2) is 8.78 Å². The molecule has 0 atom stereocenters. The van der Waals surface area contributed by atoms with Gasteiger partial charge in [-0.15, -0.1) is 0 Å². The predicted octanol–water partition coefficient (Wildman–Crippen LogP) is 3.12. The fourth-order valence-electron chi connectivity index (χ4n) is 3.09. The van der Waals surface area contributed by atoms with Gasteiger partial charge in [0.1, 0.15) is 5.75 Å². The molecule has 3 rings (SSSR count). The van der Waals surface area contributed by atoms with E-state index in [0.717, 1.165) is 36.7 Å². The molecule has 5 nitrogen and oxygen atoms in total. The minimum Gasteiger partial charge on any atom is -0.497 e. The normalized spacial score (nSPS) is 14.2. The Morgan fingerprint density at radius 2 is 1.74 bits per heavy atom. The molecule has 0 unspecified atom stereocenters. The summed E-state index contributed by atoms with van der Waals surface area (Å²) >= 11 is 0. The third kappa shape index (κ3) is 4.87. The van der Waals surface area contributed by atoms with Crippen LogP contribution in [-0.2, 0) is 4.79 Å². The van der Waals surface area contributed by atoms with E-state index in [0.29, 0.717) is 31.7 Å². The Morgan fingerprint density at radius 3 is 2.37 bits per heavy atom. The number of carbonyl (C=O) groups excluding carboxylic acids is 1. The van der Waals surface area contributed by atoms with Gasteiger partial charge < -0.3 is 19.9 Å². The van der Waals surface area contributed by atoms with E-state index in [2.05, 4.69) is 10.2 Å². The van der Waals surface area contributed by atoms with Gasteiger partial charge in [0.15, 0.2) is 11.6 Å². The van der Waals surface area contributed by atoms with E-state index in [1.807, 2.05) is 29.2 Å². The van der Waals surface area contributed by atoms with Gasteiger partial charge in [-0.2, -0.15) is 0 Å². The molecule has 2 aromatic rings. The molecule has 1 aliphatic heterocycles. The Balaban J connectivity index is 1.43. The van der Waals surface area contributed by atoms with E-state index in [9.17, 15) is 13.6 Å². The molecule has 1 amide bonds. The third-order valence-electron chi connectivity index (χ3n) is 4.66. The Labute approximate surface area is 157 Å². The van der Waals surface area contributed by atoms with Crippen molar-refractivity contribution in [2.45, 2.75) is 6.42 Å². The number of nitrogens with one attached hydrogen (secondary N) is 1. The monoisotopic (exact) mass is 375 g/mol. The third-order valence-corrected chi connectivity index (χ3v) is 4.66. The largest absolute Gasteiger partial charge is 0.497 e. The summed E-state index contributed by atoms with van der Waals surface area (Å²) in [4.78, 5) is 16.4. The van der Waals surface area contributed by atoms with Gasteiger partial charge in [-0.1, -0.05) is 0 Å². The Hall–Kier alpha value is -2.83. The molecular weight excluding hydrogens is 352 g/mol. The van der Waals surface area contributed by atoms with Crippen molar-refractivity contribution in [1.29, 1.82) is 0 Å². The molecule has 0 aliphatic carbocycles. The first-order chi connectivity index (χ1) is 13.1. The Kier molecular flexibility index (Phi) is 6.11. The highest BCUT2D eigenvalue weighted by Gasteiger charge is 2.21. The molecule has 144 valence electrons. The van der Waals surface area contributed by atoms with Gasteiger partial charge in [0.05, 0.1) is 7.11 Å². The van der Waals surface area contributed by atoms with Crippen LogP contribution in [0.4, 0.5) is 20.2 Å². The van der Waals surface area contributed by atoms with Crippen LogP contribution in [0.25, 0.3) is 0 Å². The summed E-state index contributed by atoms with van der Waals surface area (Å²) in [5.41, 5.74) is 1.58. The zero-order chi connectivity index (χ0) is 19.2. The lowest BCUT2D eigenvalue weighted by Gasteiger charge is -2.36. The number of rotatable bonds is 6. The molecule has 27 heavy (non-hydrogen) atoms. The number of benzene rings is 2. The summed E-state index contributed by atoms with van der Waals surface area (Å²) in [6.45, 7) is 3.25. The maximum Gasteiger partial charge on any atom is 0.224 e. The standard InChI is InChI=1S/C20H23F2N3O2/c1-27-17-5-3-16(4-6-17)24-10-12-25(13-11-24)20(26)8-9-23-15-2-7-18(21)19(22)14-15/h2-7,14,23H,8-13H2,1H3. The number of amides is 1. The van der Waals surface area contributed by atoms with Crippen LogP contribution in [0.1, 0.15) is 6.42 Å². The molecular formula is C20H23F2N3O2. The highest BCUT2D eigenvalue weighted by Crippen LogP contribution is 2.20. The van der Waals surface area contributed by atoms with E-state index >= 15 is 0 Å². The molecule has 7 heteroatoms. The van der Waals surface area contributed by atoms with Crippen molar-refractivity contribution in [3.05, 3.63) is 54.1 Å².